The molecule has 2 aromatic heterocycles. The van der Waals surface area contributed by atoms with Gasteiger partial charge in [-0.15, -0.1) is 5.10 Å². The van der Waals surface area contributed by atoms with Gasteiger partial charge in [-0.25, -0.2) is 4.98 Å². The summed E-state index contributed by atoms with van der Waals surface area (Å²) in [6.07, 6.45) is 0. The maximum atomic E-state index is 4.71. The molecule has 0 atom stereocenters. The molecule has 0 saturated heterocycles. The third-order valence-electron chi connectivity index (χ3n) is 3.73. The first-order chi connectivity index (χ1) is 10.2. The van der Waals surface area contributed by atoms with Gasteiger partial charge in [0.2, 0.25) is 0 Å². The Balaban J connectivity index is 2.00. The van der Waals surface area contributed by atoms with Gasteiger partial charge in [-0.2, -0.15) is 4.68 Å². The van der Waals surface area contributed by atoms with Crippen LogP contribution in [0.5, 0.6) is 0 Å². The van der Waals surface area contributed by atoms with Crippen LogP contribution >= 0.6 is 0 Å². The molecule has 21 heavy (non-hydrogen) atoms. The van der Waals surface area contributed by atoms with Gasteiger partial charge in [0.1, 0.15) is 5.52 Å². The van der Waals surface area contributed by atoms with Gasteiger partial charge in [0.05, 0.1) is 11.0 Å². The Hall–Kier alpha value is -2.75. The summed E-state index contributed by atoms with van der Waals surface area (Å²) in [5.41, 5.74) is 5.21. The summed E-state index contributed by atoms with van der Waals surface area (Å²) in [5, 5.41) is 9.67. The van der Waals surface area contributed by atoms with Crippen molar-refractivity contribution in [2.24, 2.45) is 0 Å². The van der Waals surface area contributed by atoms with Gasteiger partial charge in [0.15, 0.2) is 5.82 Å². The summed E-state index contributed by atoms with van der Waals surface area (Å²) in [6, 6.07) is 16.3. The van der Waals surface area contributed by atoms with Crippen molar-refractivity contribution in [2.75, 3.05) is 0 Å². The lowest BCUT2D eigenvalue weighted by molar-refractivity contribution is 0.804. The molecule has 0 unspecified atom stereocenters. The van der Waals surface area contributed by atoms with Crippen LogP contribution < -0.4 is 0 Å². The van der Waals surface area contributed by atoms with Gasteiger partial charge in [-0.1, -0.05) is 29.5 Å². The normalized spacial score (nSPS) is 11.3. The van der Waals surface area contributed by atoms with E-state index < -0.39 is 0 Å². The average molecular weight is 274 g/mol. The molecule has 4 heteroatoms. The Kier molecular flexibility index (Phi) is 2.51. The van der Waals surface area contributed by atoms with Crippen molar-refractivity contribution in [2.45, 2.75) is 13.8 Å². The zero-order chi connectivity index (χ0) is 14.4. The van der Waals surface area contributed by atoms with Gasteiger partial charge in [-0.3, -0.25) is 0 Å². The van der Waals surface area contributed by atoms with E-state index in [2.05, 4.69) is 42.4 Å². The highest BCUT2D eigenvalue weighted by atomic mass is 15.4. The molecule has 0 spiro atoms. The van der Waals surface area contributed by atoms with E-state index in [9.17, 15) is 0 Å². The van der Waals surface area contributed by atoms with Gasteiger partial charge in [-0.05, 0) is 49.2 Å². The molecule has 0 amide bonds. The van der Waals surface area contributed by atoms with E-state index in [1.807, 2.05) is 30.3 Å². The molecule has 0 aliphatic carbocycles. The summed E-state index contributed by atoms with van der Waals surface area (Å²) in [4.78, 5) is 4.71. The Bertz CT molecular complexity index is 969. The van der Waals surface area contributed by atoms with Crippen LogP contribution in [0.15, 0.2) is 48.5 Å². The van der Waals surface area contributed by atoms with Crippen LogP contribution in [0, 0.1) is 13.8 Å². The van der Waals surface area contributed by atoms with E-state index in [1.54, 1.807) is 4.68 Å². The highest BCUT2D eigenvalue weighted by Gasteiger charge is 2.09. The fourth-order valence-electron chi connectivity index (χ4n) is 2.64. The maximum Gasteiger partial charge on any atom is 0.156 e. The summed E-state index contributed by atoms with van der Waals surface area (Å²) >= 11 is 0. The number of nitrogens with zero attached hydrogens (tertiary/aromatic N) is 4. The third kappa shape index (κ3) is 1.88. The van der Waals surface area contributed by atoms with E-state index >= 15 is 0 Å². The third-order valence-corrected chi connectivity index (χ3v) is 3.73. The lowest BCUT2D eigenvalue weighted by Gasteiger charge is -2.06. The van der Waals surface area contributed by atoms with Crippen molar-refractivity contribution in [1.29, 1.82) is 0 Å². The summed E-state index contributed by atoms with van der Waals surface area (Å²) in [5.74, 6) is 0.803. The molecule has 0 saturated carbocycles. The van der Waals surface area contributed by atoms with Crippen LogP contribution in [0.2, 0.25) is 0 Å². The predicted octanol–water partition coefficient (Wildman–Crippen LogP) is 3.59. The molecule has 0 fully saturated rings. The van der Waals surface area contributed by atoms with Crippen LogP contribution in [-0.4, -0.2) is 20.0 Å². The van der Waals surface area contributed by atoms with E-state index in [0.29, 0.717) is 0 Å². The van der Waals surface area contributed by atoms with E-state index in [4.69, 9.17) is 4.98 Å². The molecule has 2 aromatic carbocycles. The molecule has 0 N–H and O–H groups in total. The topological polar surface area (TPSA) is 43.6 Å². The molecule has 0 aliphatic heterocycles. The molecular weight excluding hydrogens is 260 g/mol. The van der Waals surface area contributed by atoms with Crippen LogP contribution in [-0.2, 0) is 0 Å². The Morgan fingerprint density at radius 1 is 0.905 bits per heavy atom. The first-order valence-corrected chi connectivity index (χ1v) is 6.91. The lowest BCUT2D eigenvalue weighted by Crippen LogP contribution is -2.01. The smallest absolute Gasteiger partial charge is 0.156 e. The molecule has 0 radical (unpaired) electrons. The summed E-state index contributed by atoms with van der Waals surface area (Å²) < 4.78 is 1.80. The molecule has 4 aromatic rings. The quantitative estimate of drug-likeness (QED) is 0.533. The van der Waals surface area contributed by atoms with Gasteiger partial charge < -0.3 is 0 Å². The summed E-state index contributed by atoms with van der Waals surface area (Å²) in [6.45, 7) is 4.15. The second kappa shape index (κ2) is 4.38. The van der Waals surface area contributed by atoms with Crippen molar-refractivity contribution in [3.8, 4) is 5.82 Å². The Morgan fingerprint density at radius 3 is 2.67 bits per heavy atom. The molecule has 102 valence electrons. The minimum Gasteiger partial charge on any atom is -0.229 e. The highest BCUT2D eigenvalue weighted by molar-refractivity contribution is 5.83. The number of aromatic nitrogens is 4. The van der Waals surface area contributed by atoms with E-state index in [0.717, 1.165) is 22.4 Å². The van der Waals surface area contributed by atoms with Crippen molar-refractivity contribution < 1.29 is 0 Å². The number of para-hydroxylation sites is 1. The predicted molar refractivity (Wildman–Crippen MR) is 83.6 cm³/mol. The second-order valence-corrected chi connectivity index (χ2v) is 5.31. The number of rotatable bonds is 1. The lowest BCUT2D eigenvalue weighted by atomic mass is 10.1. The highest BCUT2D eigenvalue weighted by Crippen LogP contribution is 2.21. The number of fused-ring (bicyclic) bond motifs is 2. The molecule has 4 rings (SSSR count). The van der Waals surface area contributed by atoms with Crippen molar-refractivity contribution >= 4 is 21.9 Å². The summed E-state index contributed by atoms with van der Waals surface area (Å²) in [7, 11) is 0. The Morgan fingerprint density at radius 2 is 1.76 bits per heavy atom. The van der Waals surface area contributed by atoms with Crippen LogP contribution in [0.3, 0.4) is 0 Å². The number of benzene rings is 2. The van der Waals surface area contributed by atoms with Crippen LogP contribution in [0.25, 0.3) is 27.8 Å². The van der Waals surface area contributed by atoms with E-state index in [1.165, 1.54) is 16.5 Å². The monoisotopic (exact) mass is 274 g/mol. The largest absolute Gasteiger partial charge is 0.229 e. The first-order valence-electron chi connectivity index (χ1n) is 6.91. The minimum absolute atomic E-state index is 0.803. The van der Waals surface area contributed by atoms with Crippen molar-refractivity contribution in [3.05, 3.63) is 59.7 Å². The fraction of sp³-hybridized carbons (Fsp3) is 0.118. The van der Waals surface area contributed by atoms with Crippen molar-refractivity contribution in [3.63, 3.8) is 0 Å². The number of hydrogen-bond acceptors (Lipinski definition) is 3. The number of pyridine rings is 1. The first kappa shape index (κ1) is 12.0. The van der Waals surface area contributed by atoms with Crippen molar-refractivity contribution in [1.82, 2.24) is 20.0 Å². The SMILES string of the molecule is Cc1ccc2c(c1)nnn2-c1cc(C)c2ccccc2n1. The van der Waals surface area contributed by atoms with Gasteiger partial charge in [0.25, 0.3) is 0 Å². The number of aryl methyl sites for hydroxylation is 2. The second-order valence-electron chi connectivity index (χ2n) is 5.31. The zero-order valence-corrected chi connectivity index (χ0v) is 11.9. The molecule has 4 nitrogen and oxygen atoms in total. The zero-order valence-electron chi connectivity index (χ0n) is 11.9. The van der Waals surface area contributed by atoms with Gasteiger partial charge in [0, 0.05) is 5.39 Å². The standard InChI is InChI=1S/C17H14N4/c1-11-7-8-16-15(9-11)19-20-21(16)17-10-12(2)13-5-3-4-6-14(13)18-17/h3-10H,1-2H3. The number of hydrogen-bond donors (Lipinski definition) is 0. The molecular formula is C17H14N4. The van der Waals surface area contributed by atoms with Crippen LogP contribution in [0.1, 0.15) is 11.1 Å². The van der Waals surface area contributed by atoms with Crippen LogP contribution in [0.4, 0.5) is 0 Å². The molecule has 2 heterocycles. The molecule has 0 aliphatic rings. The average Bonchev–Trinajstić information content (AvgIpc) is 2.90. The fourth-order valence-corrected chi connectivity index (χ4v) is 2.64. The minimum atomic E-state index is 0.803. The Labute approximate surface area is 122 Å². The van der Waals surface area contributed by atoms with E-state index in [-0.39, 0.29) is 0 Å². The maximum absolute atomic E-state index is 4.71. The molecule has 0 bridgehead atoms. The van der Waals surface area contributed by atoms with Gasteiger partial charge >= 0.3 is 0 Å².